The maximum absolute atomic E-state index is 13.2. The van der Waals surface area contributed by atoms with Gasteiger partial charge in [0.05, 0.1) is 20.8 Å². The number of amides is 1. The van der Waals surface area contributed by atoms with Gasteiger partial charge in [-0.25, -0.2) is 0 Å². The summed E-state index contributed by atoms with van der Waals surface area (Å²) in [4.78, 5) is 15.1. The Morgan fingerprint density at radius 2 is 1.93 bits per heavy atom. The lowest BCUT2D eigenvalue weighted by molar-refractivity contribution is 0.0728. The summed E-state index contributed by atoms with van der Waals surface area (Å²) in [5.74, 6) is 1.97. The highest BCUT2D eigenvalue weighted by atomic mass is 16.5. The van der Waals surface area contributed by atoms with E-state index in [0.717, 1.165) is 35.5 Å². The minimum atomic E-state index is -0.00738. The lowest BCUT2D eigenvalue weighted by atomic mass is 10.1. The molecule has 4 rings (SSSR count). The quantitative estimate of drug-likeness (QED) is 0.678. The number of H-pyrrole nitrogens is 1. The number of aromatic amines is 1. The zero-order chi connectivity index (χ0) is 19.5. The smallest absolute Gasteiger partial charge is 0.254 e. The summed E-state index contributed by atoms with van der Waals surface area (Å²) in [6.07, 6.45) is 2.03. The third-order valence-electron chi connectivity index (χ3n) is 4.81. The number of tetrazole rings is 1. The lowest BCUT2D eigenvalue weighted by Crippen LogP contribution is -2.32. The van der Waals surface area contributed by atoms with Crippen molar-refractivity contribution in [2.45, 2.75) is 25.4 Å². The van der Waals surface area contributed by atoms with Crippen molar-refractivity contribution in [1.29, 1.82) is 0 Å². The highest BCUT2D eigenvalue weighted by molar-refractivity contribution is 5.95. The Kier molecular flexibility index (Phi) is 4.92. The largest absolute Gasteiger partial charge is 0.497 e. The van der Waals surface area contributed by atoms with Gasteiger partial charge in [0.15, 0.2) is 0 Å². The van der Waals surface area contributed by atoms with Crippen LogP contribution in [0.25, 0.3) is 11.4 Å². The second-order valence-corrected chi connectivity index (χ2v) is 6.65. The van der Waals surface area contributed by atoms with E-state index in [2.05, 4.69) is 20.6 Å². The number of carbonyl (C=O) groups excluding carboxylic acids is 1. The van der Waals surface area contributed by atoms with E-state index in [9.17, 15) is 4.79 Å². The Balaban J connectivity index is 1.57. The number of carbonyl (C=O) groups is 1. The van der Waals surface area contributed by atoms with Gasteiger partial charge >= 0.3 is 0 Å². The molecule has 0 radical (unpaired) electrons. The first-order chi connectivity index (χ1) is 13.7. The normalized spacial score (nSPS) is 13.2. The first kappa shape index (κ1) is 18.0. The van der Waals surface area contributed by atoms with Crippen molar-refractivity contribution < 1.29 is 14.3 Å². The molecule has 8 heteroatoms. The Morgan fingerprint density at radius 3 is 2.54 bits per heavy atom. The van der Waals surface area contributed by atoms with Gasteiger partial charge in [0.1, 0.15) is 11.5 Å². The van der Waals surface area contributed by atoms with E-state index in [1.165, 1.54) is 0 Å². The summed E-state index contributed by atoms with van der Waals surface area (Å²) in [7, 11) is 3.26. The van der Waals surface area contributed by atoms with Crippen LogP contribution in [0.15, 0.2) is 42.5 Å². The molecule has 2 aromatic carbocycles. The molecule has 28 heavy (non-hydrogen) atoms. The number of hydrogen-bond acceptors (Lipinski definition) is 6. The zero-order valence-electron chi connectivity index (χ0n) is 15.8. The number of aromatic nitrogens is 4. The molecule has 1 amide bonds. The minimum absolute atomic E-state index is 0.00738. The highest BCUT2D eigenvalue weighted by Crippen LogP contribution is 2.33. The average Bonchev–Trinajstić information content (AvgIpc) is 3.44. The summed E-state index contributed by atoms with van der Waals surface area (Å²) in [5.41, 5.74) is 2.35. The molecule has 3 aromatic rings. The number of benzene rings is 2. The molecule has 1 aromatic heterocycles. The standard InChI is InChI=1S/C20H21N5O3/c1-27-17-9-10-18(28-2)15(11-17)12-25(16-7-8-16)20(26)14-5-3-13(4-6-14)19-21-23-24-22-19/h3-6,9-11,16H,7-8,12H2,1-2H3,(H,21,22,23,24). The number of hydrogen-bond donors (Lipinski definition) is 1. The molecule has 1 aliphatic carbocycles. The number of nitrogens with one attached hydrogen (secondary N) is 1. The Morgan fingerprint density at radius 1 is 1.14 bits per heavy atom. The number of methoxy groups -OCH3 is 2. The molecule has 0 spiro atoms. The SMILES string of the molecule is COc1ccc(OC)c(CN(C(=O)c2ccc(-c3nn[nH]n3)cc2)C2CC2)c1. The fourth-order valence-electron chi connectivity index (χ4n) is 3.15. The van der Waals surface area contributed by atoms with Crippen LogP contribution in [-0.4, -0.2) is 51.7 Å². The van der Waals surface area contributed by atoms with E-state index in [1.54, 1.807) is 26.4 Å². The summed E-state index contributed by atoms with van der Waals surface area (Å²) >= 11 is 0. The Hall–Kier alpha value is -3.42. The predicted octanol–water partition coefficient (Wildman–Crippen LogP) is 2.69. The lowest BCUT2D eigenvalue weighted by Gasteiger charge is -2.24. The molecule has 0 aliphatic heterocycles. The molecule has 0 saturated heterocycles. The van der Waals surface area contributed by atoms with Crippen LogP contribution in [-0.2, 0) is 6.54 Å². The fourth-order valence-corrected chi connectivity index (χ4v) is 3.15. The Bertz CT molecular complexity index is 952. The van der Waals surface area contributed by atoms with Gasteiger partial charge in [-0.1, -0.05) is 12.1 Å². The first-order valence-electron chi connectivity index (χ1n) is 9.05. The molecule has 0 atom stereocenters. The zero-order valence-corrected chi connectivity index (χ0v) is 15.8. The van der Waals surface area contributed by atoms with Crippen LogP contribution >= 0.6 is 0 Å². The van der Waals surface area contributed by atoms with Crippen molar-refractivity contribution in [3.63, 3.8) is 0 Å². The maximum Gasteiger partial charge on any atom is 0.254 e. The monoisotopic (exact) mass is 379 g/mol. The van der Waals surface area contributed by atoms with Crippen molar-refractivity contribution in [3.8, 4) is 22.9 Å². The molecule has 0 unspecified atom stereocenters. The highest BCUT2D eigenvalue weighted by Gasteiger charge is 2.33. The molecule has 0 bridgehead atoms. The maximum atomic E-state index is 13.2. The topological polar surface area (TPSA) is 93.2 Å². The number of nitrogens with zero attached hydrogens (tertiary/aromatic N) is 4. The summed E-state index contributed by atoms with van der Waals surface area (Å²) in [6, 6.07) is 13.1. The van der Waals surface area contributed by atoms with Crippen molar-refractivity contribution in [2.75, 3.05) is 14.2 Å². The summed E-state index contributed by atoms with van der Waals surface area (Å²) in [6.45, 7) is 0.469. The van der Waals surface area contributed by atoms with Gasteiger partial charge in [0.25, 0.3) is 5.91 Å². The molecular weight excluding hydrogens is 358 g/mol. The van der Waals surface area contributed by atoms with Gasteiger partial charge in [0, 0.05) is 22.7 Å². The van der Waals surface area contributed by atoms with Gasteiger partial charge in [-0.15, -0.1) is 10.2 Å². The molecule has 1 N–H and O–H groups in total. The van der Waals surface area contributed by atoms with E-state index >= 15 is 0 Å². The molecule has 1 fully saturated rings. The van der Waals surface area contributed by atoms with Crippen molar-refractivity contribution >= 4 is 5.91 Å². The van der Waals surface area contributed by atoms with Gasteiger partial charge in [0.2, 0.25) is 5.82 Å². The fraction of sp³-hybridized carbons (Fsp3) is 0.300. The molecular formula is C20H21N5O3. The molecule has 1 heterocycles. The molecule has 1 saturated carbocycles. The first-order valence-corrected chi connectivity index (χ1v) is 9.05. The van der Waals surface area contributed by atoms with Crippen molar-refractivity contribution in [2.24, 2.45) is 0 Å². The average molecular weight is 379 g/mol. The van der Waals surface area contributed by atoms with Crippen LogP contribution in [0.3, 0.4) is 0 Å². The van der Waals surface area contributed by atoms with E-state index < -0.39 is 0 Å². The summed E-state index contributed by atoms with van der Waals surface area (Å²) < 4.78 is 10.8. The molecule has 8 nitrogen and oxygen atoms in total. The van der Waals surface area contributed by atoms with Crippen LogP contribution in [0.5, 0.6) is 11.5 Å². The van der Waals surface area contributed by atoms with Crippen LogP contribution < -0.4 is 9.47 Å². The number of ether oxygens (including phenoxy) is 2. The molecule has 144 valence electrons. The third-order valence-corrected chi connectivity index (χ3v) is 4.81. The second-order valence-electron chi connectivity index (χ2n) is 6.65. The van der Waals surface area contributed by atoms with Gasteiger partial charge in [-0.05, 0) is 48.4 Å². The van der Waals surface area contributed by atoms with Crippen molar-refractivity contribution in [1.82, 2.24) is 25.5 Å². The third kappa shape index (κ3) is 3.66. The predicted molar refractivity (Wildman–Crippen MR) is 102 cm³/mol. The van der Waals surface area contributed by atoms with E-state index in [0.29, 0.717) is 17.9 Å². The van der Waals surface area contributed by atoms with Crippen LogP contribution in [0.4, 0.5) is 0 Å². The summed E-state index contributed by atoms with van der Waals surface area (Å²) in [5, 5.41) is 13.9. The second kappa shape index (κ2) is 7.67. The molecule has 1 aliphatic rings. The van der Waals surface area contributed by atoms with E-state index in [1.807, 2.05) is 35.2 Å². The van der Waals surface area contributed by atoms with Gasteiger partial charge < -0.3 is 14.4 Å². The Labute approximate surface area is 162 Å². The van der Waals surface area contributed by atoms with Gasteiger partial charge in [-0.3, -0.25) is 4.79 Å². The number of rotatable bonds is 7. The van der Waals surface area contributed by atoms with Gasteiger partial charge in [-0.2, -0.15) is 5.21 Å². The van der Waals surface area contributed by atoms with Crippen LogP contribution in [0.1, 0.15) is 28.8 Å². The van der Waals surface area contributed by atoms with Crippen LogP contribution in [0.2, 0.25) is 0 Å². The van der Waals surface area contributed by atoms with Crippen molar-refractivity contribution in [3.05, 3.63) is 53.6 Å². The van der Waals surface area contributed by atoms with Crippen LogP contribution in [0, 0.1) is 0 Å². The van der Waals surface area contributed by atoms with E-state index in [-0.39, 0.29) is 11.9 Å². The minimum Gasteiger partial charge on any atom is -0.497 e. The van der Waals surface area contributed by atoms with E-state index in [4.69, 9.17) is 9.47 Å².